The average molecular weight is 499 g/mol. The van der Waals surface area contributed by atoms with Crippen LogP contribution in [-0.4, -0.2) is 55.5 Å². The number of amides is 1. The second-order valence-electron chi connectivity index (χ2n) is 6.12. The molecule has 0 radical (unpaired) electrons. The predicted molar refractivity (Wildman–Crippen MR) is 120 cm³/mol. The number of nitrogens with one attached hydrogen (secondary N) is 2. The number of aliphatic imine (C=N–C) groups is 1. The first-order valence-corrected chi connectivity index (χ1v) is 8.91. The first kappa shape index (κ1) is 23.8. The maximum Gasteiger partial charge on any atom is 0.241 e. The molecule has 152 valence electrons. The van der Waals surface area contributed by atoms with Crippen molar-refractivity contribution < 1.29 is 9.18 Å². The Hall–Kier alpha value is -2.23. The Labute approximate surface area is 182 Å². The van der Waals surface area contributed by atoms with Crippen molar-refractivity contribution in [3.05, 3.63) is 65.7 Å². The smallest absolute Gasteiger partial charge is 0.241 e. The van der Waals surface area contributed by atoms with Gasteiger partial charge in [0.05, 0.1) is 6.54 Å². The molecular weight excluding hydrogens is 472 g/mol. The molecule has 1 heterocycles. The van der Waals surface area contributed by atoms with Crippen molar-refractivity contribution in [2.24, 2.45) is 4.99 Å². The molecule has 0 saturated heterocycles. The van der Waals surface area contributed by atoms with Gasteiger partial charge < -0.3 is 15.5 Å². The predicted octanol–water partition coefficient (Wildman–Crippen LogP) is 2.25. The Morgan fingerprint density at radius 2 is 2.00 bits per heavy atom. The van der Waals surface area contributed by atoms with E-state index in [0.29, 0.717) is 31.9 Å². The van der Waals surface area contributed by atoms with Crippen LogP contribution in [0.25, 0.3) is 0 Å². The summed E-state index contributed by atoms with van der Waals surface area (Å²) in [6.45, 7) is 1.34. The summed E-state index contributed by atoms with van der Waals surface area (Å²) in [5.74, 6) is 0.270. The molecule has 1 aromatic heterocycles. The summed E-state index contributed by atoms with van der Waals surface area (Å²) < 4.78 is 13.2. The molecule has 1 amide bonds. The summed E-state index contributed by atoms with van der Waals surface area (Å²) in [4.78, 5) is 22.3. The van der Waals surface area contributed by atoms with Crippen molar-refractivity contribution >= 4 is 35.8 Å². The second-order valence-corrected chi connectivity index (χ2v) is 6.12. The van der Waals surface area contributed by atoms with Crippen molar-refractivity contribution in [3.8, 4) is 0 Å². The van der Waals surface area contributed by atoms with E-state index in [-0.39, 0.29) is 42.2 Å². The van der Waals surface area contributed by atoms with Gasteiger partial charge in [-0.15, -0.1) is 24.0 Å². The molecule has 8 heteroatoms. The van der Waals surface area contributed by atoms with E-state index in [9.17, 15) is 9.18 Å². The molecule has 2 aromatic rings. The lowest BCUT2D eigenvalue weighted by Crippen LogP contribution is -2.44. The van der Waals surface area contributed by atoms with E-state index >= 15 is 0 Å². The highest BCUT2D eigenvalue weighted by molar-refractivity contribution is 14.0. The molecule has 0 saturated carbocycles. The number of likely N-dealkylation sites (N-methyl/N-ethyl adjacent to an activating group) is 1. The van der Waals surface area contributed by atoms with Gasteiger partial charge in [-0.05, 0) is 36.2 Å². The van der Waals surface area contributed by atoms with Crippen LogP contribution in [0.3, 0.4) is 0 Å². The minimum atomic E-state index is -0.241. The fraction of sp³-hybridized carbons (Fsp3) is 0.350. The summed E-state index contributed by atoms with van der Waals surface area (Å²) in [5, 5.41) is 6.13. The maximum absolute atomic E-state index is 13.2. The molecule has 0 aliphatic carbocycles. The SMILES string of the molecule is CN=C(NCCc1cccc(F)c1)NCC(=O)N(C)CCc1ccccn1.I. The summed E-state index contributed by atoms with van der Waals surface area (Å²) in [5.41, 5.74) is 1.86. The third-order valence-corrected chi connectivity index (χ3v) is 4.08. The molecule has 0 fully saturated rings. The molecule has 0 bridgehead atoms. The van der Waals surface area contributed by atoms with Crippen molar-refractivity contribution in [2.75, 3.05) is 33.7 Å². The number of pyridine rings is 1. The Bertz CT molecular complexity index is 757. The van der Waals surface area contributed by atoms with Crippen LogP contribution < -0.4 is 10.6 Å². The van der Waals surface area contributed by atoms with E-state index in [1.807, 2.05) is 24.3 Å². The molecule has 28 heavy (non-hydrogen) atoms. The third-order valence-electron chi connectivity index (χ3n) is 4.08. The molecule has 2 N–H and O–H groups in total. The first-order valence-electron chi connectivity index (χ1n) is 8.91. The topological polar surface area (TPSA) is 69.6 Å². The van der Waals surface area contributed by atoms with Crippen LogP contribution in [0.4, 0.5) is 4.39 Å². The highest BCUT2D eigenvalue weighted by atomic mass is 127. The Morgan fingerprint density at radius 3 is 2.68 bits per heavy atom. The van der Waals surface area contributed by atoms with Crippen molar-refractivity contribution in [1.29, 1.82) is 0 Å². The zero-order valence-electron chi connectivity index (χ0n) is 16.2. The molecule has 0 atom stereocenters. The molecule has 0 spiro atoms. The molecular formula is C20H27FIN5O. The van der Waals surface area contributed by atoms with E-state index in [1.165, 1.54) is 12.1 Å². The van der Waals surface area contributed by atoms with Gasteiger partial charge in [-0.25, -0.2) is 4.39 Å². The van der Waals surface area contributed by atoms with Gasteiger partial charge in [0.2, 0.25) is 5.91 Å². The number of rotatable bonds is 8. The highest BCUT2D eigenvalue weighted by Gasteiger charge is 2.10. The monoisotopic (exact) mass is 499 g/mol. The van der Waals surface area contributed by atoms with Crippen molar-refractivity contribution in [1.82, 2.24) is 20.5 Å². The number of carbonyl (C=O) groups is 1. The van der Waals surface area contributed by atoms with Crippen molar-refractivity contribution in [3.63, 3.8) is 0 Å². The van der Waals surface area contributed by atoms with Gasteiger partial charge in [-0.1, -0.05) is 18.2 Å². The zero-order valence-corrected chi connectivity index (χ0v) is 18.5. The summed E-state index contributed by atoms with van der Waals surface area (Å²) in [7, 11) is 3.42. The van der Waals surface area contributed by atoms with E-state index in [0.717, 1.165) is 11.3 Å². The molecule has 0 aliphatic heterocycles. The molecule has 0 unspecified atom stereocenters. The number of aromatic nitrogens is 1. The average Bonchev–Trinajstić information content (AvgIpc) is 2.69. The van der Waals surface area contributed by atoms with Crippen LogP contribution >= 0.6 is 24.0 Å². The van der Waals surface area contributed by atoms with Crippen LogP contribution in [0, 0.1) is 5.82 Å². The van der Waals surface area contributed by atoms with Gasteiger partial charge in [0.1, 0.15) is 5.82 Å². The number of hydrogen-bond acceptors (Lipinski definition) is 3. The maximum atomic E-state index is 13.2. The Kier molecular flexibility index (Phi) is 11.1. The minimum absolute atomic E-state index is 0. The lowest BCUT2D eigenvalue weighted by atomic mass is 10.1. The van der Waals surface area contributed by atoms with E-state index < -0.39 is 0 Å². The molecule has 0 aliphatic rings. The number of benzene rings is 1. The fourth-order valence-corrected chi connectivity index (χ4v) is 2.49. The highest BCUT2D eigenvalue weighted by Crippen LogP contribution is 2.03. The van der Waals surface area contributed by atoms with Crippen LogP contribution in [0.15, 0.2) is 53.7 Å². The van der Waals surface area contributed by atoms with E-state index in [4.69, 9.17) is 0 Å². The first-order chi connectivity index (χ1) is 13.1. The van der Waals surface area contributed by atoms with Gasteiger partial charge >= 0.3 is 0 Å². The number of nitrogens with zero attached hydrogens (tertiary/aromatic N) is 3. The summed E-state index contributed by atoms with van der Waals surface area (Å²) >= 11 is 0. The van der Waals surface area contributed by atoms with E-state index in [1.54, 1.807) is 31.3 Å². The van der Waals surface area contributed by atoms with E-state index in [2.05, 4.69) is 20.6 Å². The summed E-state index contributed by atoms with van der Waals surface area (Å²) in [6, 6.07) is 12.3. The summed E-state index contributed by atoms with van der Waals surface area (Å²) in [6.07, 6.45) is 3.12. The standard InChI is InChI=1S/C20H26FN5O.HI/c1-22-20(24-12-9-16-6-5-7-17(21)14-16)25-15-19(27)26(2)13-10-18-8-3-4-11-23-18;/h3-8,11,14H,9-10,12-13,15H2,1-2H3,(H2,22,24,25);1H. The molecule has 6 nitrogen and oxygen atoms in total. The molecule has 1 aromatic carbocycles. The number of halogens is 2. The lowest BCUT2D eigenvalue weighted by Gasteiger charge is -2.18. The van der Waals surface area contributed by atoms with Gasteiger partial charge in [0, 0.05) is 45.5 Å². The number of carbonyl (C=O) groups excluding carboxylic acids is 1. The largest absolute Gasteiger partial charge is 0.356 e. The quantitative estimate of drug-likeness (QED) is 0.332. The zero-order chi connectivity index (χ0) is 19.5. The van der Waals surface area contributed by atoms with Crippen LogP contribution in [-0.2, 0) is 17.6 Å². The molecule has 2 rings (SSSR count). The number of guanidine groups is 1. The Balaban J connectivity index is 0.00000392. The van der Waals surface area contributed by atoms with Crippen LogP contribution in [0.1, 0.15) is 11.3 Å². The normalized spacial score (nSPS) is 10.8. The van der Waals surface area contributed by atoms with Crippen LogP contribution in [0.2, 0.25) is 0 Å². The van der Waals surface area contributed by atoms with Gasteiger partial charge in [-0.3, -0.25) is 14.8 Å². The van der Waals surface area contributed by atoms with Gasteiger partial charge in [-0.2, -0.15) is 0 Å². The van der Waals surface area contributed by atoms with Crippen molar-refractivity contribution in [2.45, 2.75) is 12.8 Å². The van der Waals surface area contributed by atoms with Crippen LogP contribution in [0.5, 0.6) is 0 Å². The third kappa shape index (κ3) is 8.64. The van der Waals surface area contributed by atoms with Gasteiger partial charge in [0.25, 0.3) is 0 Å². The number of hydrogen-bond donors (Lipinski definition) is 2. The fourth-order valence-electron chi connectivity index (χ4n) is 2.49. The Morgan fingerprint density at radius 1 is 1.18 bits per heavy atom. The minimum Gasteiger partial charge on any atom is -0.356 e. The second kappa shape index (κ2) is 13.0. The lowest BCUT2D eigenvalue weighted by molar-refractivity contribution is -0.128. The van der Waals surface area contributed by atoms with Gasteiger partial charge in [0.15, 0.2) is 5.96 Å².